The van der Waals surface area contributed by atoms with Crippen molar-refractivity contribution in [2.24, 2.45) is 11.3 Å². The molecule has 0 saturated heterocycles. The Hall–Kier alpha value is -0.570. The van der Waals surface area contributed by atoms with Crippen molar-refractivity contribution in [1.29, 1.82) is 0 Å². The summed E-state index contributed by atoms with van der Waals surface area (Å²) in [7, 11) is 1.86. The molecule has 0 unspecified atom stereocenters. The predicted molar refractivity (Wildman–Crippen MR) is 76.8 cm³/mol. The van der Waals surface area contributed by atoms with Gasteiger partial charge < -0.3 is 10.0 Å². The molecule has 0 radical (unpaired) electrons. The van der Waals surface area contributed by atoms with E-state index in [1.165, 1.54) is 25.7 Å². The summed E-state index contributed by atoms with van der Waals surface area (Å²) in [6.45, 7) is 4.67. The molecule has 0 bridgehead atoms. The van der Waals surface area contributed by atoms with Gasteiger partial charge in [-0.3, -0.25) is 4.79 Å². The summed E-state index contributed by atoms with van der Waals surface area (Å²) in [6, 6.07) is 0. The van der Waals surface area contributed by atoms with E-state index < -0.39 is 5.60 Å². The molecule has 3 nitrogen and oxygen atoms in total. The Labute approximate surface area is 117 Å². The lowest BCUT2D eigenvalue weighted by Gasteiger charge is -2.37. The Kier molecular flexibility index (Phi) is 4.24. The number of amides is 1. The molecule has 0 aromatic carbocycles. The van der Waals surface area contributed by atoms with E-state index in [4.69, 9.17) is 0 Å². The number of hydrogen-bond acceptors (Lipinski definition) is 2. The highest BCUT2D eigenvalue weighted by Crippen LogP contribution is 2.41. The third kappa shape index (κ3) is 3.13. The van der Waals surface area contributed by atoms with E-state index in [9.17, 15) is 9.90 Å². The Balaban J connectivity index is 1.97. The van der Waals surface area contributed by atoms with Crippen LogP contribution in [0, 0.1) is 11.3 Å². The van der Waals surface area contributed by atoms with Crippen LogP contribution in [0.4, 0.5) is 0 Å². The predicted octanol–water partition coefficient (Wildman–Crippen LogP) is 2.97. The first-order chi connectivity index (χ1) is 8.85. The van der Waals surface area contributed by atoms with Gasteiger partial charge in [-0.15, -0.1) is 0 Å². The molecule has 0 aliphatic heterocycles. The molecule has 1 amide bonds. The van der Waals surface area contributed by atoms with Gasteiger partial charge in [0.1, 0.15) is 0 Å². The van der Waals surface area contributed by atoms with Gasteiger partial charge in [0.2, 0.25) is 5.91 Å². The number of carbonyl (C=O) groups is 1. The van der Waals surface area contributed by atoms with Gasteiger partial charge in [0.05, 0.1) is 5.60 Å². The molecule has 0 atom stereocenters. The summed E-state index contributed by atoms with van der Waals surface area (Å²) < 4.78 is 0. The Bertz CT molecular complexity index is 326. The SMILES string of the molecule is CN(CC1(O)CCCC1)C(=O)C(C)(C)C1CCCC1. The number of likely N-dealkylation sites (N-methyl/N-ethyl adjacent to an activating group) is 1. The maximum atomic E-state index is 12.7. The molecule has 110 valence electrons. The smallest absolute Gasteiger partial charge is 0.228 e. The quantitative estimate of drug-likeness (QED) is 0.850. The molecule has 0 aromatic rings. The van der Waals surface area contributed by atoms with Gasteiger partial charge in [0, 0.05) is 19.0 Å². The van der Waals surface area contributed by atoms with Gasteiger partial charge >= 0.3 is 0 Å². The number of nitrogens with zero attached hydrogens (tertiary/aromatic N) is 1. The fourth-order valence-electron chi connectivity index (χ4n) is 4.02. The van der Waals surface area contributed by atoms with Crippen LogP contribution in [0.1, 0.15) is 65.2 Å². The van der Waals surface area contributed by atoms with Crippen LogP contribution < -0.4 is 0 Å². The molecule has 0 heterocycles. The highest BCUT2D eigenvalue weighted by molar-refractivity contribution is 5.82. The molecule has 2 aliphatic rings. The number of carbonyl (C=O) groups excluding carboxylic acids is 1. The lowest BCUT2D eigenvalue weighted by atomic mass is 9.76. The molecule has 2 saturated carbocycles. The van der Waals surface area contributed by atoms with Crippen LogP contribution in [0.5, 0.6) is 0 Å². The van der Waals surface area contributed by atoms with E-state index >= 15 is 0 Å². The van der Waals surface area contributed by atoms with Crippen molar-refractivity contribution in [3.8, 4) is 0 Å². The summed E-state index contributed by atoms with van der Waals surface area (Å²) >= 11 is 0. The van der Waals surface area contributed by atoms with Crippen molar-refractivity contribution < 1.29 is 9.90 Å². The van der Waals surface area contributed by atoms with Crippen molar-refractivity contribution in [1.82, 2.24) is 4.90 Å². The fourth-order valence-corrected chi connectivity index (χ4v) is 4.02. The Morgan fingerprint density at radius 2 is 1.74 bits per heavy atom. The van der Waals surface area contributed by atoms with E-state index in [-0.39, 0.29) is 11.3 Å². The first kappa shape index (κ1) is 14.8. The van der Waals surface area contributed by atoms with Gasteiger partial charge in [-0.2, -0.15) is 0 Å². The van der Waals surface area contributed by atoms with Gasteiger partial charge in [-0.1, -0.05) is 39.5 Å². The van der Waals surface area contributed by atoms with Crippen LogP contribution in [-0.2, 0) is 4.79 Å². The van der Waals surface area contributed by atoms with Crippen molar-refractivity contribution >= 4 is 5.91 Å². The molecular formula is C16H29NO2. The second-order valence-corrected chi connectivity index (χ2v) is 7.30. The Morgan fingerprint density at radius 1 is 1.21 bits per heavy atom. The molecule has 2 fully saturated rings. The van der Waals surface area contributed by atoms with E-state index in [2.05, 4.69) is 13.8 Å². The molecule has 0 spiro atoms. The summed E-state index contributed by atoms with van der Waals surface area (Å²) in [5.41, 5.74) is -0.906. The van der Waals surface area contributed by atoms with Crippen molar-refractivity contribution in [3.63, 3.8) is 0 Å². The third-order valence-electron chi connectivity index (χ3n) is 5.34. The topological polar surface area (TPSA) is 40.5 Å². The third-order valence-corrected chi connectivity index (χ3v) is 5.34. The average molecular weight is 267 g/mol. The van der Waals surface area contributed by atoms with Crippen LogP contribution >= 0.6 is 0 Å². The molecule has 0 aromatic heterocycles. The van der Waals surface area contributed by atoms with Crippen LogP contribution in [0.3, 0.4) is 0 Å². The molecule has 19 heavy (non-hydrogen) atoms. The minimum atomic E-state index is -0.629. The second-order valence-electron chi connectivity index (χ2n) is 7.30. The maximum Gasteiger partial charge on any atom is 0.228 e. The molecule has 1 N–H and O–H groups in total. The number of rotatable bonds is 4. The normalized spacial score (nSPS) is 23.8. The van der Waals surface area contributed by atoms with E-state index in [0.717, 1.165) is 25.7 Å². The summed E-state index contributed by atoms with van der Waals surface area (Å²) in [6.07, 6.45) is 8.73. The minimum absolute atomic E-state index is 0.208. The van der Waals surface area contributed by atoms with E-state index in [0.29, 0.717) is 12.5 Å². The van der Waals surface area contributed by atoms with Gasteiger partial charge in [0.15, 0.2) is 0 Å². The van der Waals surface area contributed by atoms with Crippen LogP contribution in [0.15, 0.2) is 0 Å². The zero-order valence-electron chi connectivity index (χ0n) is 12.7. The lowest BCUT2D eigenvalue weighted by molar-refractivity contribution is -0.145. The monoisotopic (exact) mass is 267 g/mol. The zero-order chi connectivity index (χ0) is 14.1. The summed E-state index contributed by atoms with van der Waals surface area (Å²) in [5.74, 6) is 0.723. The first-order valence-electron chi connectivity index (χ1n) is 7.83. The van der Waals surface area contributed by atoms with Gasteiger partial charge in [-0.25, -0.2) is 0 Å². The minimum Gasteiger partial charge on any atom is -0.388 e. The summed E-state index contributed by atoms with van der Waals surface area (Å²) in [4.78, 5) is 14.5. The van der Waals surface area contributed by atoms with E-state index in [1.54, 1.807) is 4.90 Å². The molecule has 3 heteroatoms. The maximum absolute atomic E-state index is 12.7. The van der Waals surface area contributed by atoms with Crippen molar-refractivity contribution in [2.75, 3.05) is 13.6 Å². The first-order valence-corrected chi connectivity index (χ1v) is 7.83. The largest absolute Gasteiger partial charge is 0.388 e. The van der Waals surface area contributed by atoms with Gasteiger partial charge in [0.25, 0.3) is 0 Å². The number of hydrogen-bond donors (Lipinski definition) is 1. The van der Waals surface area contributed by atoms with Crippen LogP contribution in [0.2, 0.25) is 0 Å². The Morgan fingerprint density at radius 3 is 2.26 bits per heavy atom. The molecule has 2 rings (SSSR count). The van der Waals surface area contributed by atoms with E-state index in [1.807, 2.05) is 7.05 Å². The fraction of sp³-hybridized carbons (Fsp3) is 0.938. The van der Waals surface area contributed by atoms with Gasteiger partial charge in [-0.05, 0) is 31.6 Å². The van der Waals surface area contributed by atoms with Crippen LogP contribution in [0.25, 0.3) is 0 Å². The lowest BCUT2D eigenvalue weighted by Crippen LogP contribution is -2.48. The number of aliphatic hydroxyl groups is 1. The summed E-state index contributed by atoms with van der Waals surface area (Å²) in [5, 5.41) is 10.4. The van der Waals surface area contributed by atoms with Crippen molar-refractivity contribution in [3.05, 3.63) is 0 Å². The van der Waals surface area contributed by atoms with Crippen molar-refractivity contribution in [2.45, 2.75) is 70.8 Å². The standard InChI is InChI=1S/C16H29NO2/c1-15(2,13-8-4-5-9-13)14(18)17(3)12-16(19)10-6-7-11-16/h13,19H,4-12H2,1-3H3. The second kappa shape index (κ2) is 5.43. The average Bonchev–Trinajstić information content (AvgIpc) is 2.99. The molecular weight excluding hydrogens is 238 g/mol. The molecule has 2 aliphatic carbocycles. The highest BCUT2D eigenvalue weighted by atomic mass is 16.3. The zero-order valence-corrected chi connectivity index (χ0v) is 12.7. The highest BCUT2D eigenvalue weighted by Gasteiger charge is 2.42. The van der Waals surface area contributed by atoms with Crippen LogP contribution in [-0.4, -0.2) is 35.1 Å².